The van der Waals surface area contributed by atoms with Gasteiger partial charge in [0.1, 0.15) is 6.10 Å². The molecule has 0 radical (unpaired) electrons. The lowest BCUT2D eigenvalue weighted by Gasteiger charge is -2.21. The van der Waals surface area contributed by atoms with Gasteiger partial charge < -0.3 is 15.8 Å². The molecule has 1 aromatic carbocycles. The van der Waals surface area contributed by atoms with Gasteiger partial charge >= 0.3 is 0 Å². The first kappa shape index (κ1) is 15.1. The predicted octanol–water partition coefficient (Wildman–Crippen LogP) is 2.38. The van der Waals surface area contributed by atoms with E-state index in [0.717, 1.165) is 29.8 Å². The van der Waals surface area contributed by atoms with Crippen molar-refractivity contribution in [1.29, 1.82) is 0 Å². The van der Waals surface area contributed by atoms with Crippen LogP contribution >= 0.6 is 0 Å². The molecular weight excluding hydrogens is 292 g/mol. The van der Waals surface area contributed by atoms with Gasteiger partial charge in [0.2, 0.25) is 5.91 Å². The Morgan fingerprint density at radius 1 is 1.52 bits per heavy atom. The average molecular weight is 312 g/mol. The van der Waals surface area contributed by atoms with E-state index >= 15 is 0 Å². The maximum atomic E-state index is 11.4. The number of ether oxygens (including phenoxy) is 1. The minimum atomic E-state index is -0.451. The Bertz CT molecular complexity index is 736. The zero-order valence-electron chi connectivity index (χ0n) is 13.0. The number of nitrogens with two attached hydrogens (primary N) is 1. The summed E-state index contributed by atoms with van der Waals surface area (Å²) in [7, 11) is 0. The SMILES string of the molecule is Cc1cnn(-c2ccc(C(N)=O)cc2NC[C@H]2CCC=CO2)c1. The summed E-state index contributed by atoms with van der Waals surface area (Å²) in [5.74, 6) is -0.451. The molecule has 2 aromatic rings. The van der Waals surface area contributed by atoms with Crippen LogP contribution < -0.4 is 11.1 Å². The molecule has 0 saturated heterocycles. The molecule has 0 saturated carbocycles. The number of allylic oxidation sites excluding steroid dienone is 1. The van der Waals surface area contributed by atoms with Crippen LogP contribution in [0, 0.1) is 6.92 Å². The Balaban J connectivity index is 1.86. The molecule has 0 aliphatic carbocycles. The third-order valence-corrected chi connectivity index (χ3v) is 3.78. The quantitative estimate of drug-likeness (QED) is 0.888. The highest BCUT2D eigenvalue weighted by Crippen LogP contribution is 2.23. The average Bonchev–Trinajstić information content (AvgIpc) is 3.00. The number of aryl methyl sites for hydroxylation is 1. The van der Waals surface area contributed by atoms with Crippen molar-refractivity contribution in [3.05, 3.63) is 54.1 Å². The fraction of sp³-hybridized carbons (Fsp3) is 0.294. The number of amides is 1. The van der Waals surface area contributed by atoms with E-state index in [2.05, 4.69) is 10.4 Å². The second-order valence-corrected chi connectivity index (χ2v) is 5.65. The molecule has 1 amide bonds. The van der Waals surface area contributed by atoms with E-state index in [-0.39, 0.29) is 6.10 Å². The van der Waals surface area contributed by atoms with E-state index in [1.807, 2.05) is 25.3 Å². The summed E-state index contributed by atoms with van der Waals surface area (Å²) in [6.07, 6.45) is 9.58. The Morgan fingerprint density at radius 3 is 3.04 bits per heavy atom. The molecule has 3 rings (SSSR count). The molecule has 1 aromatic heterocycles. The lowest BCUT2D eigenvalue weighted by molar-refractivity contribution is 0.100. The first-order valence-corrected chi connectivity index (χ1v) is 7.63. The van der Waals surface area contributed by atoms with Crippen LogP contribution in [0.25, 0.3) is 5.69 Å². The van der Waals surface area contributed by atoms with Crippen molar-refractivity contribution in [2.24, 2.45) is 5.73 Å². The van der Waals surface area contributed by atoms with Gasteiger partial charge in [0.15, 0.2) is 0 Å². The lowest BCUT2D eigenvalue weighted by atomic mass is 10.1. The number of aromatic nitrogens is 2. The van der Waals surface area contributed by atoms with Gasteiger partial charge in [-0.05, 0) is 49.6 Å². The highest BCUT2D eigenvalue weighted by molar-refractivity contribution is 5.94. The van der Waals surface area contributed by atoms with E-state index in [1.165, 1.54) is 0 Å². The minimum Gasteiger partial charge on any atom is -0.497 e. The molecule has 23 heavy (non-hydrogen) atoms. The molecule has 1 aliphatic heterocycles. The summed E-state index contributed by atoms with van der Waals surface area (Å²) in [6, 6.07) is 5.31. The van der Waals surface area contributed by atoms with Crippen LogP contribution in [-0.4, -0.2) is 28.3 Å². The number of primary amides is 1. The maximum Gasteiger partial charge on any atom is 0.248 e. The summed E-state index contributed by atoms with van der Waals surface area (Å²) in [4.78, 5) is 11.4. The predicted molar refractivity (Wildman–Crippen MR) is 88.6 cm³/mol. The largest absolute Gasteiger partial charge is 0.497 e. The maximum absolute atomic E-state index is 11.4. The molecule has 1 aliphatic rings. The monoisotopic (exact) mass is 312 g/mol. The number of benzene rings is 1. The number of hydrogen-bond acceptors (Lipinski definition) is 4. The zero-order valence-corrected chi connectivity index (χ0v) is 13.0. The van der Waals surface area contributed by atoms with Crippen molar-refractivity contribution >= 4 is 11.6 Å². The van der Waals surface area contributed by atoms with Gasteiger partial charge in [-0.1, -0.05) is 0 Å². The first-order valence-electron chi connectivity index (χ1n) is 7.63. The van der Waals surface area contributed by atoms with Crippen LogP contribution in [0.1, 0.15) is 28.8 Å². The van der Waals surface area contributed by atoms with Crippen LogP contribution in [0.5, 0.6) is 0 Å². The number of nitrogens with one attached hydrogen (secondary N) is 1. The van der Waals surface area contributed by atoms with Crippen LogP contribution in [0.3, 0.4) is 0 Å². The second kappa shape index (κ2) is 6.56. The number of anilines is 1. The van der Waals surface area contributed by atoms with Gasteiger partial charge in [0, 0.05) is 11.8 Å². The summed E-state index contributed by atoms with van der Waals surface area (Å²) < 4.78 is 7.35. The Kier molecular flexibility index (Phi) is 4.32. The van der Waals surface area contributed by atoms with Crippen LogP contribution in [0.2, 0.25) is 0 Å². The fourth-order valence-electron chi connectivity index (χ4n) is 2.53. The van der Waals surface area contributed by atoms with Gasteiger partial charge in [-0.2, -0.15) is 5.10 Å². The smallest absolute Gasteiger partial charge is 0.248 e. The van der Waals surface area contributed by atoms with Crippen molar-refractivity contribution in [1.82, 2.24) is 9.78 Å². The van der Waals surface area contributed by atoms with Gasteiger partial charge in [-0.3, -0.25) is 4.79 Å². The summed E-state index contributed by atoms with van der Waals surface area (Å²) >= 11 is 0. The van der Waals surface area contributed by atoms with Gasteiger partial charge in [0.25, 0.3) is 0 Å². The molecule has 0 fully saturated rings. The molecule has 0 unspecified atom stereocenters. The molecule has 6 heteroatoms. The second-order valence-electron chi connectivity index (χ2n) is 5.65. The van der Waals surface area contributed by atoms with Crippen molar-refractivity contribution in [3.8, 4) is 5.69 Å². The molecule has 6 nitrogen and oxygen atoms in total. The number of rotatable bonds is 5. The number of carbonyl (C=O) groups is 1. The van der Waals surface area contributed by atoms with Gasteiger partial charge in [-0.25, -0.2) is 4.68 Å². The number of carbonyl (C=O) groups excluding carboxylic acids is 1. The third-order valence-electron chi connectivity index (χ3n) is 3.78. The van der Waals surface area contributed by atoms with Crippen LogP contribution in [0.4, 0.5) is 5.69 Å². The molecule has 2 heterocycles. The standard InChI is InChI=1S/C17H20N4O2/c1-12-9-20-21(11-12)16-6-5-13(17(18)22)8-15(16)19-10-14-4-2-3-7-23-14/h3,5-9,11,14,19H,2,4,10H2,1H3,(H2,18,22)/t14-/m1/s1. The van der Waals surface area contributed by atoms with E-state index in [9.17, 15) is 4.79 Å². The zero-order chi connectivity index (χ0) is 16.2. The summed E-state index contributed by atoms with van der Waals surface area (Å²) in [5.41, 5.74) is 8.60. The Morgan fingerprint density at radius 2 is 2.39 bits per heavy atom. The molecule has 3 N–H and O–H groups in total. The molecule has 120 valence electrons. The number of nitrogens with zero attached hydrogens (tertiary/aromatic N) is 2. The highest BCUT2D eigenvalue weighted by Gasteiger charge is 2.14. The third kappa shape index (κ3) is 3.53. The van der Waals surface area contributed by atoms with E-state index in [4.69, 9.17) is 10.5 Å². The topological polar surface area (TPSA) is 82.2 Å². The van der Waals surface area contributed by atoms with E-state index in [0.29, 0.717) is 12.1 Å². The van der Waals surface area contributed by atoms with Crippen LogP contribution in [0.15, 0.2) is 42.9 Å². The molecule has 1 atom stereocenters. The first-order chi connectivity index (χ1) is 11.1. The fourth-order valence-corrected chi connectivity index (χ4v) is 2.53. The lowest BCUT2D eigenvalue weighted by Crippen LogP contribution is -2.24. The summed E-state index contributed by atoms with van der Waals surface area (Å²) in [5, 5.41) is 7.69. The number of hydrogen-bond donors (Lipinski definition) is 2. The molecule has 0 spiro atoms. The van der Waals surface area contributed by atoms with Crippen molar-refractivity contribution < 1.29 is 9.53 Å². The van der Waals surface area contributed by atoms with Crippen molar-refractivity contribution in [2.45, 2.75) is 25.9 Å². The van der Waals surface area contributed by atoms with Gasteiger partial charge in [-0.15, -0.1) is 0 Å². The Labute approximate surface area is 134 Å². The van der Waals surface area contributed by atoms with Gasteiger partial charge in [0.05, 0.1) is 30.4 Å². The minimum absolute atomic E-state index is 0.115. The Hall–Kier alpha value is -2.76. The van der Waals surface area contributed by atoms with Crippen molar-refractivity contribution in [3.63, 3.8) is 0 Å². The summed E-state index contributed by atoms with van der Waals surface area (Å²) in [6.45, 7) is 2.64. The normalized spacial score (nSPS) is 16.8. The molecule has 0 bridgehead atoms. The molecular formula is C17H20N4O2. The van der Waals surface area contributed by atoms with E-state index in [1.54, 1.807) is 29.3 Å². The van der Waals surface area contributed by atoms with E-state index < -0.39 is 5.91 Å². The van der Waals surface area contributed by atoms with Crippen molar-refractivity contribution in [2.75, 3.05) is 11.9 Å². The highest BCUT2D eigenvalue weighted by atomic mass is 16.5. The van der Waals surface area contributed by atoms with Crippen LogP contribution in [-0.2, 0) is 4.74 Å².